The molecule has 0 aliphatic carbocycles. The van der Waals surface area contributed by atoms with Crippen molar-refractivity contribution in [2.45, 2.75) is 32.4 Å². The third kappa shape index (κ3) is 4.38. The predicted molar refractivity (Wildman–Crippen MR) is 98.3 cm³/mol. The number of nitrogens with zero attached hydrogens (tertiary/aromatic N) is 1. The van der Waals surface area contributed by atoms with Crippen LogP contribution in [0.25, 0.3) is 0 Å². The van der Waals surface area contributed by atoms with Crippen LogP contribution in [0, 0.1) is 0 Å². The summed E-state index contributed by atoms with van der Waals surface area (Å²) < 4.78 is 0. The highest BCUT2D eigenvalue weighted by molar-refractivity contribution is 5.95. The number of rotatable bonds is 5. The Balaban J connectivity index is 1.54. The molecule has 0 saturated carbocycles. The standard InChI is InChI=1S/C20H23N3O2/c1-15(17-8-3-2-4-9-17)22-20(25)21-14-16-7-5-10-18(13-16)23-12-6-11-19(23)24/h2-5,7-10,13,15H,6,11-12,14H2,1H3,(H2,21,22,25)/t15-/m1/s1. The zero-order chi connectivity index (χ0) is 17.6. The van der Waals surface area contributed by atoms with E-state index >= 15 is 0 Å². The maximum Gasteiger partial charge on any atom is 0.315 e. The lowest BCUT2D eigenvalue weighted by Crippen LogP contribution is -2.36. The van der Waals surface area contributed by atoms with E-state index < -0.39 is 0 Å². The van der Waals surface area contributed by atoms with Gasteiger partial charge in [0.1, 0.15) is 0 Å². The van der Waals surface area contributed by atoms with Crippen molar-refractivity contribution in [1.82, 2.24) is 10.6 Å². The van der Waals surface area contributed by atoms with Crippen LogP contribution in [0.4, 0.5) is 10.5 Å². The molecule has 25 heavy (non-hydrogen) atoms. The van der Waals surface area contributed by atoms with Crippen molar-refractivity contribution in [2.24, 2.45) is 0 Å². The van der Waals surface area contributed by atoms with Crippen molar-refractivity contribution in [3.8, 4) is 0 Å². The van der Waals surface area contributed by atoms with Gasteiger partial charge in [-0.15, -0.1) is 0 Å². The molecule has 3 rings (SSSR count). The molecular weight excluding hydrogens is 314 g/mol. The van der Waals surface area contributed by atoms with Crippen molar-refractivity contribution in [2.75, 3.05) is 11.4 Å². The van der Waals surface area contributed by atoms with E-state index in [-0.39, 0.29) is 18.0 Å². The smallest absolute Gasteiger partial charge is 0.315 e. The second-order valence-electron chi connectivity index (χ2n) is 6.28. The second-order valence-corrected chi connectivity index (χ2v) is 6.28. The van der Waals surface area contributed by atoms with E-state index in [0.717, 1.165) is 29.8 Å². The number of hydrogen-bond acceptors (Lipinski definition) is 2. The molecule has 1 saturated heterocycles. The van der Waals surface area contributed by atoms with Crippen LogP contribution >= 0.6 is 0 Å². The Labute approximate surface area is 148 Å². The van der Waals surface area contributed by atoms with Gasteiger partial charge in [0.25, 0.3) is 0 Å². The Bertz CT molecular complexity index is 746. The number of carbonyl (C=O) groups excluding carboxylic acids is 2. The van der Waals surface area contributed by atoms with Crippen LogP contribution in [-0.4, -0.2) is 18.5 Å². The lowest BCUT2D eigenvalue weighted by molar-refractivity contribution is -0.117. The first-order valence-corrected chi connectivity index (χ1v) is 8.62. The average molecular weight is 337 g/mol. The van der Waals surface area contributed by atoms with Crippen LogP contribution in [0.5, 0.6) is 0 Å². The van der Waals surface area contributed by atoms with Gasteiger partial charge in [0, 0.05) is 25.2 Å². The molecule has 0 aromatic heterocycles. The number of carbonyl (C=O) groups is 2. The van der Waals surface area contributed by atoms with Gasteiger partial charge in [0.2, 0.25) is 5.91 Å². The molecule has 0 unspecified atom stereocenters. The number of anilines is 1. The highest BCUT2D eigenvalue weighted by Crippen LogP contribution is 2.22. The minimum atomic E-state index is -0.209. The topological polar surface area (TPSA) is 61.4 Å². The Kier molecular flexibility index (Phi) is 5.33. The maximum absolute atomic E-state index is 12.1. The number of benzene rings is 2. The van der Waals surface area contributed by atoms with E-state index in [0.29, 0.717) is 13.0 Å². The van der Waals surface area contributed by atoms with Gasteiger partial charge in [0.15, 0.2) is 0 Å². The van der Waals surface area contributed by atoms with Crippen molar-refractivity contribution >= 4 is 17.6 Å². The van der Waals surface area contributed by atoms with E-state index in [1.165, 1.54) is 0 Å². The van der Waals surface area contributed by atoms with E-state index in [9.17, 15) is 9.59 Å². The summed E-state index contributed by atoms with van der Waals surface area (Å²) in [6.45, 7) is 3.14. The van der Waals surface area contributed by atoms with E-state index in [2.05, 4.69) is 10.6 Å². The van der Waals surface area contributed by atoms with Crippen molar-refractivity contribution in [3.63, 3.8) is 0 Å². The van der Waals surface area contributed by atoms with Crippen LogP contribution in [0.2, 0.25) is 0 Å². The van der Waals surface area contributed by atoms with E-state index in [1.807, 2.05) is 61.5 Å². The molecule has 0 spiro atoms. The summed E-state index contributed by atoms with van der Waals surface area (Å²) in [4.78, 5) is 25.8. The molecule has 5 nitrogen and oxygen atoms in total. The van der Waals surface area contributed by atoms with Gasteiger partial charge in [-0.1, -0.05) is 42.5 Å². The summed E-state index contributed by atoms with van der Waals surface area (Å²) in [5.74, 6) is 0.166. The molecule has 0 bridgehead atoms. The van der Waals surface area contributed by atoms with Crippen LogP contribution in [0.3, 0.4) is 0 Å². The fraction of sp³-hybridized carbons (Fsp3) is 0.300. The molecule has 5 heteroatoms. The summed E-state index contributed by atoms with van der Waals surface area (Å²) >= 11 is 0. The van der Waals surface area contributed by atoms with Gasteiger partial charge in [-0.2, -0.15) is 0 Å². The predicted octanol–water partition coefficient (Wildman–Crippen LogP) is 3.37. The lowest BCUT2D eigenvalue weighted by atomic mass is 10.1. The van der Waals surface area contributed by atoms with Crippen LogP contribution in [-0.2, 0) is 11.3 Å². The molecule has 2 aromatic carbocycles. The highest BCUT2D eigenvalue weighted by atomic mass is 16.2. The summed E-state index contributed by atoms with van der Waals surface area (Å²) in [5.41, 5.74) is 2.94. The van der Waals surface area contributed by atoms with Crippen molar-refractivity contribution in [3.05, 3.63) is 65.7 Å². The molecule has 3 amide bonds. The fourth-order valence-corrected chi connectivity index (χ4v) is 3.01. The maximum atomic E-state index is 12.1. The fourth-order valence-electron chi connectivity index (χ4n) is 3.01. The monoisotopic (exact) mass is 337 g/mol. The van der Waals surface area contributed by atoms with Crippen LogP contribution in [0.15, 0.2) is 54.6 Å². The van der Waals surface area contributed by atoms with Gasteiger partial charge in [-0.05, 0) is 36.6 Å². The number of hydrogen-bond donors (Lipinski definition) is 2. The minimum Gasteiger partial charge on any atom is -0.334 e. The zero-order valence-corrected chi connectivity index (χ0v) is 14.4. The van der Waals surface area contributed by atoms with E-state index in [1.54, 1.807) is 4.90 Å². The Morgan fingerprint density at radius 3 is 2.68 bits per heavy atom. The van der Waals surface area contributed by atoms with Gasteiger partial charge < -0.3 is 15.5 Å². The molecule has 130 valence electrons. The molecule has 1 atom stereocenters. The largest absolute Gasteiger partial charge is 0.334 e. The number of nitrogens with one attached hydrogen (secondary N) is 2. The summed E-state index contributed by atoms with van der Waals surface area (Å²) in [6, 6.07) is 17.3. The van der Waals surface area contributed by atoms with Gasteiger partial charge in [0.05, 0.1) is 6.04 Å². The molecule has 2 aromatic rings. The molecule has 1 heterocycles. The molecule has 2 N–H and O–H groups in total. The normalized spacial score (nSPS) is 15.1. The SMILES string of the molecule is C[C@@H](NC(=O)NCc1cccc(N2CCCC2=O)c1)c1ccccc1. The molecule has 1 fully saturated rings. The Morgan fingerprint density at radius 1 is 1.16 bits per heavy atom. The third-order valence-corrected chi connectivity index (χ3v) is 4.40. The van der Waals surface area contributed by atoms with Gasteiger partial charge >= 0.3 is 6.03 Å². The van der Waals surface area contributed by atoms with Crippen molar-refractivity contribution < 1.29 is 9.59 Å². The minimum absolute atomic E-state index is 0.0604. The van der Waals surface area contributed by atoms with Crippen LogP contribution in [0.1, 0.15) is 36.9 Å². The van der Waals surface area contributed by atoms with Gasteiger partial charge in [-0.25, -0.2) is 4.79 Å². The molecular formula is C20H23N3O2. The number of urea groups is 1. The third-order valence-electron chi connectivity index (χ3n) is 4.40. The average Bonchev–Trinajstić information content (AvgIpc) is 3.07. The second kappa shape index (κ2) is 7.83. The first-order chi connectivity index (χ1) is 12.1. The molecule has 0 radical (unpaired) electrons. The molecule has 1 aliphatic rings. The lowest BCUT2D eigenvalue weighted by Gasteiger charge is -2.17. The Hall–Kier alpha value is -2.82. The summed E-state index contributed by atoms with van der Waals surface area (Å²) in [5, 5.41) is 5.80. The van der Waals surface area contributed by atoms with Gasteiger partial charge in [-0.3, -0.25) is 4.79 Å². The Morgan fingerprint density at radius 2 is 1.96 bits per heavy atom. The highest BCUT2D eigenvalue weighted by Gasteiger charge is 2.21. The summed E-state index contributed by atoms with van der Waals surface area (Å²) in [7, 11) is 0. The van der Waals surface area contributed by atoms with Crippen LogP contribution < -0.4 is 15.5 Å². The first kappa shape index (κ1) is 17.0. The summed E-state index contributed by atoms with van der Waals surface area (Å²) in [6.07, 6.45) is 1.52. The zero-order valence-electron chi connectivity index (χ0n) is 14.4. The quantitative estimate of drug-likeness (QED) is 0.879. The molecule has 1 aliphatic heterocycles. The van der Waals surface area contributed by atoms with Crippen molar-refractivity contribution in [1.29, 1.82) is 0 Å². The first-order valence-electron chi connectivity index (χ1n) is 8.62. The van der Waals surface area contributed by atoms with E-state index in [4.69, 9.17) is 0 Å². The number of amides is 3.